The average Bonchev–Trinajstić information content (AvgIpc) is 3.19. The zero-order valence-electron chi connectivity index (χ0n) is 14.4. The molecule has 0 N–H and O–H groups in total. The molecule has 0 radical (unpaired) electrons. The summed E-state index contributed by atoms with van der Waals surface area (Å²) in [6.45, 7) is 6.73. The van der Waals surface area contributed by atoms with E-state index in [1.807, 2.05) is 11.3 Å². The van der Waals surface area contributed by atoms with Gasteiger partial charge in [-0.3, -0.25) is 4.79 Å². The first-order valence-corrected chi connectivity index (χ1v) is 9.76. The highest BCUT2D eigenvalue weighted by atomic mass is 32.1. The maximum absolute atomic E-state index is 13.1. The zero-order chi connectivity index (χ0) is 16.7. The molecule has 0 spiro atoms. The van der Waals surface area contributed by atoms with E-state index in [9.17, 15) is 4.79 Å². The van der Waals surface area contributed by atoms with Gasteiger partial charge in [-0.25, -0.2) is 0 Å². The predicted octanol–water partition coefficient (Wildman–Crippen LogP) is 4.21. The monoisotopic (exact) mass is 340 g/mol. The van der Waals surface area contributed by atoms with Crippen LogP contribution in [0.15, 0.2) is 35.7 Å². The van der Waals surface area contributed by atoms with Gasteiger partial charge in [0.05, 0.1) is 12.6 Å². The molecular weight excluding hydrogens is 316 g/mol. The fourth-order valence-corrected chi connectivity index (χ4v) is 5.19. The minimum Gasteiger partial charge on any atom is -0.361 e. The van der Waals surface area contributed by atoms with Gasteiger partial charge in [-0.2, -0.15) is 0 Å². The lowest BCUT2D eigenvalue weighted by Gasteiger charge is -2.36. The van der Waals surface area contributed by atoms with Crippen molar-refractivity contribution in [2.24, 2.45) is 0 Å². The number of carbonyl (C=O) groups is 1. The summed E-state index contributed by atoms with van der Waals surface area (Å²) in [7, 11) is 0. The highest BCUT2D eigenvalue weighted by Gasteiger charge is 2.33. The van der Waals surface area contributed by atoms with Gasteiger partial charge in [0.25, 0.3) is 0 Å². The van der Waals surface area contributed by atoms with Gasteiger partial charge in [-0.15, -0.1) is 11.3 Å². The van der Waals surface area contributed by atoms with E-state index < -0.39 is 0 Å². The molecule has 0 saturated carbocycles. The van der Waals surface area contributed by atoms with Crippen LogP contribution in [-0.2, 0) is 11.2 Å². The van der Waals surface area contributed by atoms with Gasteiger partial charge < -0.3 is 9.80 Å². The molecule has 1 aromatic heterocycles. The molecule has 3 heterocycles. The number of rotatable bonds is 3. The van der Waals surface area contributed by atoms with Crippen LogP contribution in [0, 0.1) is 0 Å². The van der Waals surface area contributed by atoms with E-state index in [1.165, 1.54) is 21.7 Å². The smallest absolute Gasteiger partial charge is 0.242 e. The van der Waals surface area contributed by atoms with Crippen molar-refractivity contribution in [2.75, 3.05) is 24.5 Å². The molecule has 2 atom stereocenters. The quantitative estimate of drug-likeness (QED) is 0.836. The number of hydrogen-bond donors (Lipinski definition) is 0. The molecular formula is C20H24N2OS. The van der Waals surface area contributed by atoms with Crippen molar-refractivity contribution in [3.8, 4) is 0 Å². The number of thiophene rings is 1. The maximum Gasteiger partial charge on any atom is 0.242 e. The fraction of sp³-hybridized carbons (Fsp3) is 0.450. The zero-order valence-corrected chi connectivity index (χ0v) is 15.2. The average molecular weight is 340 g/mol. The number of nitrogens with zero attached hydrogens (tertiary/aromatic N) is 2. The summed E-state index contributed by atoms with van der Waals surface area (Å²) in [4.78, 5) is 18.9. The number of fused-ring (bicyclic) bond motifs is 2. The summed E-state index contributed by atoms with van der Waals surface area (Å²) in [6, 6.07) is 11.0. The molecule has 0 bridgehead atoms. The predicted molar refractivity (Wildman–Crippen MR) is 99.8 cm³/mol. The number of amides is 1. The Labute approximate surface area is 147 Å². The second kappa shape index (κ2) is 6.25. The molecule has 1 aromatic carbocycles. The topological polar surface area (TPSA) is 23.6 Å². The largest absolute Gasteiger partial charge is 0.361 e. The third kappa shape index (κ3) is 2.53. The molecule has 2 aliphatic heterocycles. The summed E-state index contributed by atoms with van der Waals surface area (Å²) in [5, 5.41) is 2.17. The van der Waals surface area contributed by atoms with Crippen LogP contribution in [0.25, 0.3) is 0 Å². The maximum atomic E-state index is 13.1. The molecule has 4 heteroatoms. The Bertz CT molecular complexity index is 754. The Morgan fingerprint density at radius 3 is 2.92 bits per heavy atom. The first-order chi connectivity index (χ1) is 11.7. The van der Waals surface area contributed by atoms with E-state index >= 15 is 0 Å². The van der Waals surface area contributed by atoms with Crippen LogP contribution < -0.4 is 4.90 Å². The standard InChI is InChI=1S/C20H24N2OS/c1-3-17-16-9-11-24-19(16)8-10-22(17)20(23)13-21-12-14(2)15-6-4-5-7-18(15)21/h4-7,9,11,14,17H,3,8,10,12-13H2,1-2H3. The molecule has 3 nitrogen and oxygen atoms in total. The number of hydrogen-bond acceptors (Lipinski definition) is 3. The number of para-hydroxylation sites is 1. The van der Waals surface area contributed by atoms with Gasteiger partial charge in [-0.05, 0) is 41.5 Å². The SMILES string of the molecule is CCC1c2ccsc2CCN1C(=O)CN1CC(C)c2ccccc21. The molecule has 24 heavy (non-hydrogen) atoms. The molecule has 0 fully saturated rings. The summed E-state index contributed by atoms with van der Waals surface area (Å²) in [6.07, 6.45) is 1.99. The van der Waals surface area contributed by atoms with Crippen LogP contribution in [0.2, 0.25) is 0 Å². The third-order valence-corrected chi connectivity index (χ3v) is 6.43. The van der Waals surface area contributed by atoms with E-state index in [1.54, 1.807) is 0 Å². The first-order valence-electron chi connectivity index (χ1n) is 8.88. The Kier molecular flexibility index (Phi) is 4.09. The molecule has 1 amide bonds. The van der Waals surface area contributed by atoms with Crippen molar-refractivity contribution >= 4 is 22.9 Å². The number of benzene rings is 1. The summed E-state index contributed by atoms with van der Waals surface area (Å²) in [5.41, 5.74) is 3.98. The highest BCUT2D eigenvalue weighted by molar-refractivity contribution is 7.10. The molecule has 2 aliphatic rings. The lowest BCUT2D eigenvalue weighted by molar-refractivity contribution is -0.132. The Morgan fingerprint density at radius 2 is 2.08 bits per heavy atom. The molecule has 2 aromatic rings. The van der Waals surface area contributed by atoms with Crippen LogP contribution in [-0.4, -0.2) is 30.4 Å². The normalized spacial score (nSPS) is 22.4. The number of carbonyl (C=O) groups excluding carboxylic acids is 1. The first kappa shape index (κ1) is 15.7. The second-order valence-electron chi connectivity index (χ2n) is 6.90. The Hall–Kier alpha value is -1.81. The van der Waals surface area contributed by atoms with Crippen LogP contribution in [0.3, 0.4) is 0 Å². The van der Waals surface area contributed by atoms with Crippen LogP contribution >= 0.6 is 11.3 Å². The lowest BCUT2D eigenvalue weighted by atomic mass is 9.97. The molecule has 0 aliphatic carbocycles. The molecule has 2 unspecified atom stereocenters. The lowest BCUT2D eigenvalue weighted by Crippen LogP contribution is -2.44. The molecule has 4 rings (SSSR count). The van der Waals surface area contributed by atoms with E-state index in [4.69, 9.17) is 0 Å². The van der Waals surface area contributed by atoms with Crippen molar-refractivity contribution in [1.29, 1.82) is 0 Å². The minimum absolute atomic E-state index is 0.253. The summed E-state index contributed by atoms with van der Waals surface area (Å²) >= 11 is 1.83. The van der Waals surface area contributed by atoms with Crippen LogP contribution in [0.5, 0.6) is 0 Å². The van der Waals surface area contributed by atoms with Gasteiger partial charge in [0.1, 0.15) is 0 Å². The van der Waals surface area contributed by atoms with Gasteiger partial charge in [0.15, 0.2) is 0 Å². The van der Waals surface area contributed by atoms with E-state index in [2.05, 4.69) is 59.4 Å². The Balaban J connectivity index is 1.53. The highest BCUT2D eigenvalue weighted by Crippen LogP contribution is 2.37. The molecule has 0 saturated heterocycles. The fourth-order valence-electron chi connectivity index (χ4n) is 4.26. The van der Waals surface area contributed by atoms with E-state index in [0.717, 1.165) is 25.9 Å². The van der Waals surface area contributed by atoms with Gasteiger partial charge in [0.2, 0.25) is 5.91 Å². The Morgan fingerprint density at radius 1 is 1.25 bits per heavy atom. The molecule has 126 valence electrons. The summed E-state index contributed by atoms with van der Waals surface area (Å²) in [5.74, 6) is 0.767. The van der Waals surface area contributed by atoms with E-state index in [-0.39, 0.29) is 11.9 Å². The van der Waals surface area contributed by atoms with Gasteiger partial charge >= 0.3 is 0 Å². The van der Waals surface area contributed by atoms with Crippen molar-refractivity contribution in [3.05, 3.63) is 51.7 Å². The minimum atomic E-state index is 0.253. The summed E-state index contributed by atoms with van der Waals surface area (Å²) < 4.78 is 0. The number of anilines is 1. The van der Waals surface area contributed by atoms with Crippen molar-refractivity contribution in [1.82, 2.24) is 4.90 Å². The van der Waals surface area contributed by atoms with Crippen LogP contribution in [0.1, 0.15) is 48.2 Å². The van der Waals surface area contributed by atoms with Crippen molar-refractivity contribution < 1.29 is 4.79 Å². The van der Waals surface area contributed by atoms with Crippen LogP contribution in [0.4, 0.5) is 5.69 Å². The van der Waals surface area contributed by atoms with Crippen molar-refractivity contribution in [2.45, 2.75) is 38.6 Å². The van der Waals surface area contributed by atoms with Crippen molar-refractivity contribution in [3.63, 3.8) is 0 Å². The van der Waals surface area contributed by atoms with E-state index in [0.29, 0.717) is 12.5 Å². The second-order valence-corrected chi connectivity index (χ2v) is 7.90. The van der Waals surface area contributed by atoms with Gasteiger partial charge in [-0.1, -0.05) is 32.0 Å². The third-order valence-electron chi connectivity index (χ3n) is 5.43. The van der Waals surface area contributed by atoms with Gasteiger partial charge in [0, 0.05) is 29.6 Å².